The number of nitrogens with zero attached hydrogens (tertiary/aromatic N) is 2. The van der Waals surface area contributed by atoms with Crippen molar-refractivity contribution in [1.29, 1.82) is 0 Å². The topological polar surface area (TPSA) is 54.2 Å². The Kier molecular flexibility index (Phi) is 4.31. The normalized spacial score (nSPS) is 13.2. The second-order valence-electron chi connectivity index (χ2n) is 3.45. The Hall–Kier alpha value is -0.650. The van der Waals surface area contributed by atoms with Crippen LogP contribution in [-0.2, 0) is 6.54 Å². The van der Waals surface area contributed by atoms with Gasteiger partial charge in [0.05, 0.1) is 0 Å². The zero-order chi connectivity index (χ0) is 10.6. The Morgan fingerprint density at radius 1 is 1.71 bits per heavy atom. The van der Waals surface area contributed by atoms with E-state index in [1.165, 1.54) is 4.88 Å². The zero-order valence-corrected chi connectivity index (χ0v) is 9.77. The molecule has 0 spiro atoms. The largest absolute Gasteiger partial charge is 0.300 e. The van der Waals surface area contributed by atoms with Crippen LogP contribution in [0.5, 0.6) is 0 Å². The minimum absolute atomic E-state index is 0.603. The number of thiazole rings is 1. The predicted octanol–water partition coefficient (Wildman–Crippen LogP) is 1.66. The first-order valence-electron chi connectivity index (χ1n) is 4.79. The van der Waals surface area contributed by atoms with Crippen molar-refractivity contribution >= 4 is 16.5 Å². The number of hydrogen-bond acceptors (Lipinski definition) is 5. The number of nitrogen functional groups attached to an aromatic ring is 1. The van der Waals surface area contributed by atoms with E-state index in [4.69, 9.17) is 5.84 Å². The van der Waals surface area contributed by atoms with Gasteiger partial charge >= 0.3 is 0 Å². The molecule has 1 unspecified atom stereocenters. The lowest BCUT2D eigenvalue weighted by Crippen LogP contribution is -2.27. The van der Waals surface area contributed by atoms with E-state index in [-0.39, 0.29) is 0 Å². The lowest BCUT2D eigenvalue weighted by atomic mass is 10.2. The molecular formula is C9H18N4S. The Morgan fingerprint density at radius 3 is 2.93 bits per heavy atom. The Morgan fingerprint density at radius 2 is 2.43 bits per heavy atom. The molecule has 4 nitrogen and oxygen atoms in total. The fourth-order valence-corrected chi connectivity index (χ4v) is 1.95. The van der Waals surface area contributed by atoms with Crippen LogP contribution < -0.4 is 11.3 Å². The summed E-state index contributed by atoms with van der Waals surface area (Å²) < 4.78 is 0. The van der Waals surface area contributed by atoms with Gasteiger partial charge in [0.1, 0.15) is 0 Å². The molecule has 80 valence electrons. The number of nitrogens with one attached hydrogen (secondary N) is 1. The molecule has 1 rings (SSSR count). The molecule has 0 aliphatic heterocycles. The molecule has 3 N–H and O–H groups in total. The first kappa shape index (κ1) is 11.4. The van der Waals surface area contributed by atoms with Crippen LogP contribution in [0, 0.1) is 0 Å². The summed E-state index contributed by atoms with van der Waals surface area (Å²) in [4.78, 5) is 7.68. The van der Waals surface area contributed by atoms with E-state index in [1.807, 2.05) is 6.20 Å². The molecule has 14 heavy (non-hydrogen) atoms. The summed E-state index contributed by atoms with van der Waals surface area (Å²) in [6.45, 7) is 5.36. The van der Waals surface area contributed by atoms with Crippen molar-refractivity contribution in [2.24, 2.45) is 5.84 Å². The number of hydrogen-bond donors (Lipinski definition) is 2. The van der Waals surface area contributed by atoms with Gasteiger partial charge in [-0.05, 0) is 20.4 Å². The van der Waals surface area contributed by atoms with E-state index in [1.54, 1.807) is 11.3 Å². The zero-order valence-electron chi connectivity index (χ0n) is 8.95. The number of nitrogens with two attached hydrogens (primary N) is 1. The monoisotopic (exact) mass is 214 g/mol. The Bertz CT molecular complexity index is 274. The van der Waals surface area contributed by atoms with Crippen molar-refractivity contribution in [2.45, 2.75) is 32.9 Å². The van der Waals surface area contributed by atoms with Gasteiger partial charge in [0, 0.05) is 23.7 Å². The molecule has 0 radical (unpaired) electrons. The van der Waals surface area contributed by atoms with E-state index in [0.29, 0.717) is 6.04 Å². The van der Waals surface area contributed by atoms with Gasteiger partial charge in [-0.1, -0.05) is 18.3 Å². The predicted molar refractivity (Wildman–Crippen MR) is 61.1 cm³/mol. The van der Waals surface area contributed by atoms with Crippen molar-refractivity contribution in [3.8, 4) is 0 Å². The van der Waals surface area contributed by atoms with Crippen LogP contribution in [0.15, 0.2) is 6.20 Å². The Balaban J connectivity index is 2.51. The van der Waals surface area contributed by atoms with Crippen LogP contribution in [0.1, 0.15) is 25.1 Å². The van der Waals surface area contributed by atoms with Gasteiger partial charge < -0.3 is 0 Å². The minimum atomic E-state index is 0.603. The van der Waals surface area contributed by atoms with Gasteiger partial charge in [0.2, 0.25) is 0 Å². The summed E-state index contributed by atoms with van der Waals surface area (Å²) >= 11 is 1.60. The van der Waals surface area contributed by atoms with E-state index >= 15 is 0 Å². The summed E-state index contributed by atoms with van der Waals surface area (Å²) in [7, 11) is 2.13. The van der Waals surface area contributed by atoms with Gasteiger partial charge in [-0.15, -0.1) is 0 Å². The van der Waals surface area contributed by atoms with Gasteiger partial charge in [0.25, 0.3) is 0 Å². The molecule has 0 amide bonds. The van der Waals surface area contributed by atoms with Crippen LogP contribution in [0.2, 0.25) is 0 Å². The average Bonchev–Trinajstić information content (AvgIpc) is 2.64. The summed E-state index contributed by atoms with van der Waals surface area (Å²) in [5, 5.41) is 0.776. The van der Waals surface area contributed by atoms with Crippen molar-refractivity contribution in [3.63, 3.8) is 0 Å². The van der Waals surface area contributed by atoms with Crippen LogP contribution in [0.4, 0.5) is 5.13 Å². The fourth-order valence-electron chi connectivity index (χ4n) is 1.16. The van der Waals surface area contributed by atoms with Crippen LogP contribution in [0.25, 0.3) is 0 Å². The van der Waals surface area contributed by atoms with E-state index in [2.05, 4.69) is 36.2 Å². The first-order chi connectivity index (χ1) is 6.67. The highest BCUT2D eigenvalue weighted by molar-refractivity contribution is 7.15. The Labute approximate surface area is 89.1 Å². The van der Waals surface area contributed by atoms with Gasteiger partial charge in [0.15, 0.2) is 5.13 Å². The highest BCUT2D eigenvalue weighted by atomic mass is 32.1. The van der Waals surface area contributed by atoms with Crippen LogP contribution >= 0.6 is 11.3 Å². The van der Waals surface area contributed by atoms with Crippen molar-refractivity contribution in [3.05, 3.63) is 11.1 Å². The molecule has 0 aliphatic rings. The highest BCUT2D eigenvalue weighted by Gasteiger charge is 2.09. The smallest absolute Gasteiger partial charge is 0.197 e. The fraction of sp³-hybridized carbons (Fsp3) is 0.667. The number of anilines is 1. The lowest BCUT2D eigenvalue weighted by molar-refractivity contribution is 0.246. The molecule has 0 fully saturated rings. The number of aromatic nitrogens is 1. The summed E-state index contributed by atoms with van der Waals surface area (Å²) in [6, 6.07) is 0.603. The third kappa shape index (κ3) is 2.94. The maximum Gasteiger partial charge on any atom is 0.197 e. The molecule has 0 saturated carbocycles. The van der Waals surface area contributed by atoms with Gasteiger partial charge in [-0.25, -0.2) is 10.8 Å². The molecule has 0 aliphatic carbocycles. The number of hydrazine groups is 1. The summed E-state index contributed by atoms with van der Waals surface area (Å²) in [5.74, 6) is 5.26. The highest BCUT2D eigenvalue weighted by Crippen LogP contribution is 2.19. The molecule has 0 bridgehead atoms. The molecular weight excluding hydrogens is 196 g/mol. The SMILES string of the molecule is CCC(C)N(C)Cc1cnc(NN)s1. The first-order valence-corrected chi connectivity index (χ1v) is 5.60. The molecule has 1 atom stereocenters. The van der Waals surface area contributed by atoms with Crippen molar-refractivity contribution in [2.75, 3.05) is 12.5 Å². The maximum absolute atomic E-state index is 5.26. The molecule has 1 heterocycles. The molecule has 5 heteroatoms. The maximum atomic E-state index is 5.26. The number of rotatable bonds is 5. The molecule has 0 saturated heterocycles. The van der Waals surface area contributed by atoms with Crippen molar-refractivity contribution in [1.82, 2.24) is 9.88 Å². The van der Waals surface area contributed by atoms with Crippen LogP contribution in [0.3, 0.4) is 0 Å². The minimum Gasteiger partial charge on any atom is -0.300 e. The van der Waals surface area contributed by atoms with E-state index in [9.17, 15) is 0 Å². The molecule has 1 aromatic rings. The third-order valence-electron chi connectivity index (χ3n) is 2.43. The van der Waals surface area contributed by atoms with Gasteiger partial charge in [-0.3, -0.25) is 10.3 Å². The third-order valence-corrected chi connectivity index (χ3v) is 3.34. The lowest BCUT2D eigenvalue weighted by Gasteiger charge is -2.22. The quantitative estimate of drug-likeness (QED) is 0.578. The standard InChI is InChI=1S/C9H18N4S/c1-4-7(2)13(3)6-8-5-11-9(12-10)14-8/h5,7H,4,6,10H2,1-3H3,(H,11,12). The molecule has 0 aromatic carbocycles. The van der Waals surface area contributed by atoms with Gasteiger partial charge in [-0.2, -0.15) is 0 Å². The van der Waals surface area contributed by atoms with E-state index < -0.39 is 0 Å². The van der Waals surface area contributed by atoms with E-state index in [0.717, 1.165) is 18.1 Å². The molecule has 1 aromatic heterocycles. The second kappa shape index (κ2) is 5.29. The average molecular weight is 214 g/mol. The summed E-state index contributed by atoms with van der Waals surface area (Å²) in [6.07, 6.45) is 3.04. The second-order valence-corrected chi connectivity index (χ2v) is 4.56. The van der Waals surface area contributed by atoms with Crippen molar-refractivity contribution < 1.29 is 0 Å². The summed E-state index contributed by atoms with van der Waals surface area (Å²) in [5.41, 5.74) is 2.55. The van der Waals surface area contributed by atoms with Crippen LogP contribution in [-0.4, -0.2) is 23.0 Å².